The van der Waals surface area contributed by atoms with E-state index in [4.69, 9.17) is 4.74 Å². The lowest BCUT2D eigenvalue weighted by molar-refractivity contribution is -0.121. The van der Waals surface area contributed by atoms with Crippen LogP contribution < -0.4 is 4.90 Å². The van der Waals surface area contributed by atoms with Crippen LogP contribution in [-0.2, 0) is 16.0 Å². The highest BCUT2D eigenvalue weighted by molar-refractivity contribution is 5.97. The van der Waals surface area contributed by atoms with Crippen molar-refractivity contribution in [3.05, 3.63) is 65.2 Å². The summed E-state index contributed by atoms with van der Waals surface area (Å²) in [7, 11) is 0. The number of rotatable bonds is 3. The van der Waals surface area contributed by atoms with Gasteiger partial charge in [0.25, 0.3) is 5.91 Å². The quantitative estimate of drug-likeness (QED) is 0.812. The van der Waals surface area contributed by atoms with Crippen LogP contribution in [0, 0.1) is 11.6 Å². The van der Waals surface area contributed by atoms with Crippen LogP contribution in [0.1, 0.15) is 22.3 Å². The van der Waals surface area contributed by atoms with Crippen LogP contribution in [0.5, 0.6) is 0 Å². The second-order valence-corrected chi connectivity index (χ2v) is 5.51. The van der Waals surface area contributed by atoms with Gasteiger partial charge in [0, 0.05) is 18.3 Å². The first-order chi connectivity index (χ1) is 11.5. The number of anilines is 1. The minimum Gasteiger partial charge on any atom is -0.452 e. The number of fused-ring (bicyclic) bond motifs is 1. The molecule has 0 saturated heterocycles. The van der Waals surface area contributed by atoms with Crippen molar-refractivity contribution in [3.63, 3.8) is 0 Å². The monoisotopic (exact) mass is 331 g/mol. The fourth-order valence-corrected chi connectivity index (χ4v) is 2.75. The first kappa shape index (κ1) is 16.1. The minimum absolute atomic E-state index is 0.264. The molecule has 1 aliphatic heterocycles. The molecule has 124 valence electrons. The molecule has 2 aromatic rings. The normalized spacial score (nSPS) is 13.3. The number of benzene rings is 2. The fraction of sp³-hybridized carbons (Fsp3) is 0.222. The maximum absolute atomic E-state index is 13.1. The molecule has 0 aromatic heterocycles. The molecule has 0 unspecified atom stereocenters. The first-order valence-electron chi connectivity index (χ1n) is 7.56. The molecule has 1 amide bonds. The summed E-state index contributed by atoms with van der Waals surface area (Å²) in [5.41, 5.74) is 1.61. The van der Waals surface area contributed by atoms with Crippen molar-refractivity contribution >= 4 is 17.6 Å². The van der Waals surface area contributed by atoms with E-state index in [0.29, 0.717) is 12.6 Å². The molecule has 0 aliphatic carbocycles. The van der Waals surface area contributed by atoms with Crippen LogP contribution in [-0.4, -0.2) is 25.0 Å². The van der Waals surface area contributed by atoms with E-state index in [9.17, 15) is 18.4 Å². The Balaban J connectivity index is 1.67. The second-order valence-electron chi connectivity index (χ2n) is 5.51. The lowest BCUT2D eigenvalue weighted by Gasteiger charge is -2.29. The molecule has 0 N–H and O–H groups in total. The summed E-state index contributed by atoms with van der Waals surface area (Å²) in [6, 6.07) is 9.94. The SMILES string of the molecule is O=C(OCC(=O)N1CCCc2ccccc21)c1cc(F)cc(F)c1. The smallest absolute Gasteiger partial charge is 0.338 e. The van der Waals surface area contributed by atoms with Crippen LogP contribution in [0.2, 0.25) is 0 Å². The lowest BCUT2D eigenvalue weighted by Crippen LogP contribution is -2.38. The summed E-state index contributed by atoms with van der Waals surface area (Å²) in [5, 5.41) is 0. The van der Waals surface area contributed by atoms with Crippen molar-refractivity contribution < 1.29 is 23.1 Å². The van der Waals surface area contributed by atoms with Crippen molar-refractivity contribution in [2.24, 2.45) is 0 Å². The summed E-state index contributed by atoms with van der Waals surface area (Å²) in [6.07, 6.45) is 1.72. The Morgan fingerprint density at radius 1 is 1.08 bits per heavy atom. The Morgan fingerprint density at radius 2 is 1.79 bits per heavy atom. The van der Waals surface area contributed by atoms with Gasteiger partial charge in [0.2, 0.25) is 0 Å². The van der Waals surface area contributed by atoms with Gasteiger partial charge in [-0.3, -0.25) is 4.79 Å². The zero-order valence-electron chi connectivity index (χ0n) is 12.8. The molecule has 0 saturated carbocycles. The van der Waals surface area contributed by atoms with E-state index in [1.165, 1.54) is 0 Å². The van der Waals surface area contributed by atoms with E-state index < -0.39 is 24.2 Å². The van der Waals surface area contributed by atoms with E-state index in [1.807, 2.05) is 24.3 Å². The first-order valence-corrected chi connectivity index (χ1v) is 7.56. The maximum Gasteiger partial charge on any atom is 0.338 e. The standard InChI is InChI=1S/C18H15F2NO3/c19-14-8-13(9-15(20)10-14)18(23)24-11-17(22)21-7-3-5-12-4-1-2-6-16(12)21/h1-2,4,6,8-10H,3,5,7,11H2. The van der Waals surface area contributed by atoms with Gasteiger partial charge >= 0.3 is 5.97 Å². The number of esters is 1. The number of carbonyl (C=O) groups is 2. The van der Waals surface area contributed by atoms with Crippen molar-refractivity contribution in [3.8, 4) is 0 Å². The van der Waals surface area contributed by atoms with E-state index in [2.05, 4.69) is 0 Å². The van der Waals surface area contributed by atoms with Gasteiger partial charge < -0.3 is 9.64 Å². The Hall–Kier alpha value is -2.76. The third-order valence-electron chi connectivity index (χ3n) is 3.84. The molecular weight excluding hydrogens is 316 g/mol. The van der Waals surface area contributed by atoms with Gasteiger partial charge in [0.1, 0.15) is 11.6 Å². The molecule has 24 heavy (non-hydrogen) atoms. The van der Waals surface area contributed by atoms with Gasteiger partial charge in [-0.25, -0.2) is 13.6 Å². The molecule has 1 aliphatic rings. The Morgan fingerprint density at radius 3 is 2.54 bits per heavy atom. The van der Waals surface area contributed by atoms with E-state index in [1.54, 1.807) is 4.90 Å². The summed E-state index contributed by atoms with van der Waals surface area (Å²) in [6.45, 7) is 0.0628. The topological polar surface area (TPSA) is 46.6 Å². The third-order valence-corrected chi connectivity index (χ3v) is 3.84. The molecular formula is C18H15F2NO3. The van der Waals surface area contributed by atoms with Crippen molar-refractivity contribution in [2.75, 3.05) is 18.1 Å². The Bertz CT molecular complexity index is 771. The number of halogens is 2. The Kier molecular flexibility index (Phi) is 4.55. The van der Waals surface area contributed by atoms with Gasteiger partial charge in [0.05, 0.1) is 5.56 Å². The molecule has 0 bridgehead atoms. The second kappa shape index (κ2) is 6.78. The van der Waals surface area contributed by atoms with Gasteiger partial charge in [0.15, 0.2) is 6.61 Å². The number of para-hydroxylation sites is 1. The molecule has 3 rings (SSSR count). The summed E-state index contributed by atoms with van der Waals surface area (Å²) in [4.78, 5) is 25.8. The number of aryl methyl sites for hydroxylation is 1. The molecule has 6 heteroatoms. The van der Waals surface area contributed by atoms with Crippen LogP contribution in [0.15, 0.2) is 42.5 Å². The average molecular weight is 331 g/mol. The van der Waals surface area contributed by atoms with Crippen LogP contribution in [0.3, 0.4) is 0 Å². The molecule has 0 fully saturated rings. The lowest BCUT2D eigenvalue weighted by atomic mass is 10.0. The maximum atomic E-state index is 13.1. The number of nitrogens with zero attached hydrogens (tertiary/aromatic N) is 1. The van der Waals surface area contributed by atoms with E-state index in [0.717, 1.165) is 36.2 Å². The molecule has 1 heterocycles. The van der Waals surface area contributed by atoms with Gasteiger partial charge in [-0.1, -0.05) is 18.2 Å². The number of hydrogen-bond donors (Lipinski definition) is 0. The number of ether oxygens (including phenoxy) is 1. The van der Waals surface area contributed by atoms with Crippen LogP contribution in [0.25, 0.3) is 0 Å². The highest BCUT2D eigenvalue weighted by Crippen LogP contribution is 2.26. The minimum atomic E-state index is -0.938. The molecule has 0 radical (unpaired) electrons. The fourth-order valence-electron chi connectivity index (χ4n) is 2.75. The van der Waals surface area contributed by atoms with E-state index in [-0.39, 0.29) is 11.5 Å². The molecule has 0 atom stereocenters. The van der Waals surface area contributed by atoms with Crippen molar-refractivity contribution in [1.29, 1.82) is 0 Å². The highest BCUT2D eigenvalue weighted by Gasteiger charge is 2.23. The van der Waals surface area contributed by atoms with Gasteiger partial charge in [-0.2, -0.15) is 0 Å². The molecule has 2 aromatic carbocycles. The third kappa shape index (κ3) is 3.42. The van der Waals surface area contributed by atoms with Crippen molar-refractivity contribution in [1.82, 2.24) is 0 Å². The predicted octanol–water partition coefficient (Wildman–Crippen LogP) is 3.10. The highest BCUT2D eigenvalue weighted by atomic mass is 19.1. The largest absolute Gasteiger partial charge is 0.452 e. The molecule has 4 nitrogen and oxygen atoms in total. The number of carbonyl (C=O) groups excluding carboxylic acids is 2. The Labute approximate surface area is 137 Å². The predicted molar refractivity (Wildman–Crippen MR) is 83.8 cm³/mol. The van der Waals surface area contributed by atoms with Crippen LogP contribution >= 0.6 is 0 Å². The average Bonchev–Trinajstić information content (AvgIpc) is 2.58. The summed E-state index contributed by atoms with van der Waals surface area (Å²) >= 11 is 0. The van der Waals surface area contributed by atoms with Crippen LogP contribution in [0.4, 0.5) is 14.5 Å². The van der Waals surface area contributed by atoms with Gasteiger partial charge in [-0.15, -0.1) is 0 Å². The molecule has 0 spiro atoms. The zero-order chi connectivity index (χ0) is 17.1. The number of hydrogen-bond acceptors (Lipinski definition) is 3. The van der Waals surface area contributed by atoms with Gasteiger partial charge in [-0.05, 0) is 36.6 Å². The van der Waals surface area contributed by atoms with Crippen molar-refractivity contribution in [2.45, 2.75) is 12.8 Å². The zero-order valence-corrected chi connectivity index (χ0v) is 12.8. The number of amides is 1. The summed E-state index contributed by atoms with van der Waals surface area (Å²) < 4.78 is 31.1. The summed E-state index contributed by atoms with van der Waals surface area (Å²) in [5.74, 6) is -3.06. The van der Waals surface area contributed by atoms with E-state index >= 15 is 0 Å².